The maximum atomic E-state index is 12.0. The zero-order chi connectivity index (χ0) is 12.3. The molecule has 5 heteroatoms. The van der Waals surface area contributed by atoms with Crippen molar-refractivity contribution in [2.24, 2.45) is 11.7 Å². The molecule has 2 aliphatic rings. The molecule has 2 heterocycles. The topological polar surface area (TPSA) is 49.6 Å². The predicted molar refractivity (Wildman–Crippen MR) is 71.8 cm³/mol. The van der Waals surface area contributed by atoms with Crippen molar-refractivity contribution in [1.82, 2.24) is 9.80 Å². The summed E-state index contributed by atoms with van der Waals surface area (Å²) in [6.07, 6.45) is 4.33. The number of carbonyl (C=O) groups is 1. The fourth-order valence-electron chi connectivity index (χ4n) is 2.63. The summed E-state index contributed by atoms with van der Waals surface area (Å²) < 4.78 is 0. The Kier molecular flexibility index (Phi) is 4.34. The average molecular weight is 255 g/mol. The highest BCUT2D eigenvalue weighted by Crippen LogP contribution is 2.17. The summed E-state index contributed by atoms with van der Waals surface area (Å²) >= 11 is 5.01. The van der Waals surface area contributed by atoms with Crippen LogP contribution < -0.4 is 5.73 Å². The third-order valence-electron chi connectivity index (χ3n) is 3.81. The highest BCUT2D eigenvalue weighted by atomic mass is 32.1. The van der Waals surface area contributed by atoms with Crippen LogP contribution >= 0.6 is 12.2 Å². The molecule has 0 spiro atoms. The quantitative estimate of drug-likeness (QED) is 0.751. The van der Waals surface area contributed by atoms with Crippen LogP contribution in [-0.2, 0) is 4.79 Å². The number of nitrogens with two attached hydrogens (primary N) is 1. The summed E-state index contributed by atoms with van der Waals surface area (Å²) in [5.41, 5.74) is 5.65. The smallest absolute Gasteiger partial charge is 0.236 e. The van der Waals surface area contributed by atoms with Gasteiger partial charge in [0.1, 0.15) is 0 Å². The zero-order valence-electron chi connectivity index (χ0n) is 10.2. The van der Waals surface area contributed by atoms with E-state index in [4.69, 9.17) is 18.0 Å². The van der Waals surface area contributed by atoms with Crippen LogP contribution in [0.5, 0.6) is 0 Å². The lowest BCUT2D eigenvalue weighted by atomic mass is 9.97. The molecule has 0 radical (unpaired) electrons. The summed E-state index contributed by atoms with van der Waals surface area (Å²) in [6.45, 7) is 4.36. The molecule has 0 unspecified atom stereocenters. The van der Waals surface area contributed by atoms with E-state index in [1.807, 2.05) is 4.90 Å². The molecule has 2 aliphatic heterocycles. The van der Waals surface area contributed by atoms with E-state index in [2.05, 4.69) is 4.90 Å². The minimum atomic E-state index is 0.288. The number of thiocarbonyl (C=S) groups is 1. The molecule has 0 aromatic heterocycles. The number of amides is 1. The SMILES string of the molecule is NC(=S)C1CCN(CC(=O)N2CCCC2)CC1. The van der Waals surface area contributed by atoms with E-state index < -0.39 is 0 Å². The maximum Gasteiger partial charge on any atom is 0.236 e. The molecule has 0 aromatic rings. The fraction of sp³-hybridized carbons (Fsp3) is 0.833. The van der Waals surface area contributed by atoms with Crippen LogP contribution in [0.1, 0.15) is 25.7 Å². The van der Waals surface area contributed by atoms with Crippen LogP contribution in [0.3, 0.4) is 0 Å². The van der Waals surface area contributed by atoms with E-state index in [-0.39, 0.29) is 5.91 Å². The minimum Gasteiger partial charge on any atom is -0.393 e. The molecule has 17 heavy (non-hydrogen) atoms. The normalized spacial score (nSPS) is 22.9. The van der Waals surface area contributed by atoms with E-state index in [1.165, 1.54) is 0 Å². The second kappa shape index (κ2) is 5.78. The molecule has 2 saturated heterocycles. The Hall–Kier alpha value is -0.680. The van der Waals surface area contributed by atoms with Crippen LogP contribution in [0.25, 0.3) is 0 Å². The fourth-order valence-corrected chi connectivity index (χ4v) is 2.87. The maximum absolute atomic E-state index is 12.0. The van der Waals surface area contributed by atoms with E-state index in [0.29, 0.717) is 17.5 Å². The first-order valence-corrected chi connectivity index (χ1v) is 6.87. The van der Waals surface area contributed by atoms with Gasteiger partial charge in [-0.2, -0.15) is 0 Å². The van der Waals surface area contributed by atoms with Gasteiger partial charge in [0.05, 0.1) is 11.5 Å². The number of hydrogen-bond donors (Lipinski definition) is 1. The van der Waals surface area contributed by atoms with Gasteiger partial charge in [-0.15, -0.1) is 0 Å². The van der Waals surface area contributed by atoms with Crippen LogP contribution in [0, 0.1) is 5.92 Å². The number of piperidine rings is 1. The Bertz CT molecular complexity index is 294. The molecular weight excluding hydrogens is 234 g/mol. The van der Waals surface area contributed by atoms with Crippen LogP contribution in [-0.4, -0.2) is 53.4 Å². The van der Waals surface area contributed by atoms with E-state index in [1.54, 1.807) is 0 Å². The number of carbonyl (C=O) groups excluding carboxylic acids is 1. The highest BCUT2D eigenvalue weighted by molar-refractivity contribution is 7.80. The molecule has 0 aliphatic carbocycles. The Morgan fingerprint density at radius 3 is 2.29 bits per heavy atom. The van der Waals surface area contributed by atoms with Crippen molar-refractivity contribution in [2.45, 2.75) is 25.7 Å². The Labute approximate surface area is 108 Å². The summed E-state index contributed by atoms with van der Waals surface area (Å²) in [4.78, 5) is 16.8. The molecule has 0 aromatic carbocycles. The number of nitrogens with zero attached hydrogens (tertiary/aromatic N) is 2. The second-order valence-electron chi connectivity index (χ2n) is 5.04. The summed E-state index contributed by atoms with van der Waals surface area (Å²) in [5.74, 6) is 0.666. The van der Waals surface area contributed by atoms with Gasteiger partial charge in [0.25, 0.3) is 0 Å². The first-order chi connectivity index (χ1) is 8.16. The van der Waals surface area contributed by atoms with Gasteiger partial charge >= 0.3 is 0 Å². The van der Waals surface area contributed by atoms with E-state index in [0.717, 1.165) is 51.9 Å². The third-order valence-corrected chi connectivity index (χ3v) is 4.14. The Balaban J connectivity index is 1.74. The number of rotatable bonds is 3. The van der Waals surface area contributed by atoms with Crippen molar-refractivity contribution in [3.8, 4) is 0 Å². The predicted octanol–water partition coefficient (Wildman–Crippen LogP) is 0.607. The van der Waals surface area contributed by atoms with Crippen molar-refractivity contribution in [1.29, 1.82) is 0 Å². The molecule has 2 fully saturated rings. The van der Waals surface area contributed by atoms with Gasteiger partial charge < -0.3 is 10.6 Å². The van der Waals surface area contributed by atoms with Gasteiger partial charge in [-0.3, -0.25) is 9.69 Å². The van der Waals surface area contributed by atoms with Gasteiger partial charge in [0.15, 0.2) is 0 Å². The standard InChI is InChI=1S/C12H21N3OS/c13-12(17)10-3-7-14(8-4-10)9-11(16)15-5-1-2-6-15/h10H,1-9H2,(H2,13,17). The van der Waals surface area contributed by atoms with E-state index in [9.17, 15) is 4.79 Å². The summed E-state index contributed by atoms with van der Waals surface area (Å²) in [7, 11) is 0. The molecule has 1 amide bonds. The second-order valence-corrected chi connectivity index (χ2v) is 5.51. The first kappa shape index (κ1) is 12.8. The van der Waals surface area contributed by atoms with Crippen LogP contribution in [0.2, 0.25) is 0 Å². The number of likely N-dealkylation sites (tertiary alicyclic amines) is 2. The van der Waals surface area contributed by atoms with Crippen molar-refractivity contribution in [2.75, 3.05) is 32.7 Å². The van der Waals surface area contributed by atoms with Crippen molar-refractivity contribution >= 4 is 23.1 Å². The van der Waals surface area contributed by atoms with E-state index >= 15 is 0 Å². The first-order valence-electron chi connectivity index (χ1n) is 6.46. The Morgan fingerprint density at radius 2 is 1.76 bits per heavy atom. The molecule has 0 atom stereocenters. The molecule has 0 bridgehead atoms. The van der Waals surface area contributed by atoms with Crippen LogP contribution in [0.4, 0.5) is 0 Å². The lowest BCUT2D eigenvalue weighted by Gasteiger charge is -2.31. The van der Waals surface area contributed by atoms with Crippen LogP contribution in [0.15, 0.2) is 0 Å². The van der Waals surface area contributed by atoms with Crippen molar-refractivity contribution in [3.63, 3.8) is 0 Å². The van der Waals surface area contributed by atoms with Gasteiger partial charge in [0, 0.05) is 19.0 Å². The van der Waals surface area contributed by atoms with Crippen molar-refractivity contribution < 1.29 is 4.79 Å². The highest BCUT2D eigenvalue weighted by Gasteiger charge is 2.25. The van der Waals surface area contributed by atoms with Gasteiger partial charge in [0.2, 0.25) is 5.91 Å². The largest absolute Gasteiger partial charge is 0.393 e. The van der Waals surface area contributed by atoms with Gasteiger partial charge in [-0.25, -0.2) is 0 Å². The molecule has 0 saturated carbocycles. The number of hydrogen-bond acceptors (Lipinski definition) is 3. The molecular formula is C12H21N3OS. The third kappa shape index (κ3) is 3.39. The van der Waals surface area contributed by atoms with Crippen molar-refractivity contribution in [3.05, 3.63) is 0 Å². The Morgan fingerprint density at radius 1 is 1.18 bits per heavy atom. The zero-order valence-corrected chi connectivity index (χ0v) is 11.0. The summed E-state index contributed by atoms with van der Waals surface area (Å²) in [6, 6.07) is 0. The molecule has 2 rings (SSSR count). The summed E-state index contributed by atoms with van der Waals surface area (Å²) in [5, 5.41) is 0. The molecule has 96 valence electrons. The lowest BCUT2D eigenvalue weighted by Crippen LogP contribution is -2.44. The average Bonchev–Trinajstić information content (AvgIpc) is 2.83. The molecule has 4 nitrogen and oxygen atoms in total. The lowest BCUT2D eigenvalue weighted by molar-refractivity contribution is -0.131. The van der Waals surface area contributed by atoms with Gasteiger partial charge in [-0.05, 0) is 38.8 Å². The monoisotopic (exact) mass is 255 g/mol. The minimum absolute atomic E-state index is 0.288. The molecule has 2 N–H and O–H groups in total. The van der Waals surface area contributed by atoms with Gasteiger partial charge in [-0.1, -0.05) is 12.2 Å².